The molecule has 116 valence electrons. The summed E-state index contributed by atoms with van der Waals surface area (Å²) in [5.41, 5.74) is -0.318. The van der Waals surface area contributed by atoms with Crippen LogP contribution in [-0.2, 0) is 11.3 Å². The van der Waals surface area contributed by atoms with Gasteiger partial charge in [0.15, 0.2) is 5.69 Å². The quantitative estimate of drug-likeness (QED) is 0.703. The van der Waals surface area contributed by atoms with Gasteiger partial charge in [-0.15, -0.1) is 0 Å². The largest absolute Gasteiger partial charge is 0.476 e. The zero-order valence-corrected chi connectivity index (χ0v) is 12.4. The van der Waals surface area contributed by atoms with E-state index in [9.17, 15) is 9.59 Å². The summed E-state index contributed by atoms with van der Waals surface area (Å²) >= 11 is 0. The molecule has 3 N–H and O–H groups in total. The number of hydrogen-bond donors (Lipinski definition) is 3. The van der Waals surface area contributed by atoms with Crippen LogP contribution in [0.4, 0.5) is 0 Å². The van der Waals surface area contributed by atoms with Crippen LogP contribution in [0.1, 0.15) is 30.8 Å². The van der Waals surface area contributed by atoms with Crippen molar-refractivity contribution in [2.75, 3.05) is 19.6 Å². The zero-order chi connectivity index (χ0) is 15.5. The zero-order valence-electron chi connectivity index (χ0n) is 12.4. The predicted octanol–water partition coefficient (Wildman–Crippen LogP) is 0.333. The lowest BCUT2D eigenvalue weighted by Crippen LogP contribution is -2.46. The van der Waals surface area contributed by atoms with E-state index < -0.39 is 5.97 Å². The topological polar surface area (TPSA) is 96.2 Å². The third-order valence-corrected chi connectivity index (χ3v) is 4.25. The van der Waals surface area contributed by atoms with Gasteiger partial charge in [-0.2, -0.15) is 0 Å². The van der Waals surface area contributed by atoms with Crippen LogP contribution in [0.25, 0.3) is 0 Å². The summed E-state index contributed by atoms with van der Waals surface area (Å²) in [6.07, 6.45) is 3.78. The number of amides is 1. The van der Waals surface area contributed by atoms with Gasteiger partial charge in [-0.3, -0.25) is 4.79 Å². The first-order valence-corrected chi connectivity index (χ1v) is 7.20. The molecule has 2 heterocycles. The number of carboxylic acids is 1. The smallest absolute Gasteiger partial charge is 0.356 e. The van der Waals surface area contributed by atoms with E-state index in [2.05, 4.69) is 29.5 Å². The summed E-state index contributed by atoms with van der Waals surface area (Å²) in [6, 6.07) is 0. The minimum absolute atomic E-state index is 0.0139. The molecule has 1 saturated heterocycles. The number of aromatic nitrogens is 2. The Morgan fingerprint density at radius 2 is 2.33 bits per heavy atom. The number of nitrogens with one attached hydrogen (secondary N) is 2. The van der Waals surface area contributed by atoms with Crippen LogP contribution in [0.2, 0.25) is 0 Å². The minimum Gasteiger partial charge on any atom is -0.476 e. The summed E-state index contributed by atoms with van der Waals surface area (Å²) < 4.78 is 1.67. The summed E-state index contributed by atoms with van der Waals surface area (Å²) in [5, 5.41) is 15.0. The number of carbonyl (C=O) groups excluding carboxylic acids is 1. The molecule has 1 atom stereocenters. The molecule has 7 nitrogen and oxygen atoms in total. The van der Waals surface area contributed by atoms with E-state index in [-0.39, 0.29) is 22.9 Å². The van der Waals surface area contributed by atoms with Gasteiger partial charge in [0.25, 0.3) is 0 Å². The summed E-state index contributed by atoms with van der Waals surface area (Å²) in [4.78, 5) is 27.0. The maximum Gasteiger partial charge on any atom is 0.356 e. The molecule has 0 radical (unpaired) electrons. The Balaban J connectivity index is 1.87. The van der Waals surface area contributed by atoms with E-state index >= 15 is 0 Å². The maximum absolute atomic E-state index is 12.4. The Morgan fingerprint density at radius 1 is 1.57 bits per heavy atom. The summed E-state index contributed by atoms with van der Waals surface area (Å²) in [7, 11) is 0. The molecule has 1 amide bonds. The molecule has 0 aromatic carbocycles. The number of rotatable bonds is 6. The monoisotopic (exact) mass is 294 g/mol. The molecule has 1 aromatic heterocycles. The average Bonchev–Trinajstić information content (AvgIpc) is 3.08. The van der Waals surface area contributed by atoms with Crippen molar-refractivity contribution in [3.8, 4) is 0 Å². The molecule has 1 aromatic rings. The van der Waals surface area contributed by atoms with E-state index in [1.165, 1.54) is 12.5 Å². The third kappa shape index (κ3) is 3.24. The number of hydrogen-bond acceptors (Lipinski definition) is 4. The molecule has 2 rings (SSSR count). The Morgan fingerprint density at radius 3 is 2.86 bits per heavy atom. The Kier molecular flexibility index (Phi) is 4.62. The summed E-state index contributed by atoms with van der Waals surface area (Å²) in [6.45, 7) is 6.69. The molecular formula is C14H22N4O3. The maximum atomic E-state index is 12.4. The molecule has 1 aliphatic heterocycles. The van der Waals surface area contributed by atoms with Gasteiger partial charge in [-0.05, 0) is 18.9 Å². The van der Waals surface area contributed by atoms with Gasteiger partial charge < -0.3 is 20.3 Å². The first-order valence-electron chi connectivity index (χ1n) is 7.20. The van der Waals surface area contributed by atoms with Crippen molar-refractivity contribution in [1.82, 2.24) is 20.2 Å². The second-order valence-electron chi connectivity index (χ2n) is 5.80. The van der Waals surface area contributed by atoms with Crippen molar-refractivity contribution < 1.29 is 14.7 Å². The highest BCUT2D eigenvalue weighted by molar-refractivity contribution is 5.85. The molecule has 1 unspecified atom stereocenters. The van der Waals surface area contributed by atoms with Crippen molar-refractivity contribution in [2.24, 2.45) is 11.3 Å². The van der Waals surface area contributed by atoms with E-state index in [4.69, 9.17) is 5.11 Å². The van der Waals surface area contributed by atoms with Crippen LogP contribution in [0.5, 0.6) is 0 Å². The van der Waals surface area contributed by atoms with Gasteiger partial charge in [0.1, 0.15) is 0 Å². The SMILES string of the molecule is CC(C)C1(C(=O)NCCn2cnc(C(=O)O)c2)CCNC1. The van der Waals surface area contributed by atoms with Gasteiger partial charge in [0.2, 0.25) is 5.91 Å². The second kappa shape index (κ2) is 6.26. The van der Waals surface area contributed by atoms with E-state index in [1.807, 2.05) is 0 Å². The number of imidazole rings is 1. The Hall–Kier alpha value is -1.89. The van der Waals surface area contributed by atoms with Gasteiger partial charge in [0, 0.05) is 25.8 Å². The average molecular weight is 294 g/mol. The lowest BCUT2D eigenvalue weighted by atomic mass is 9.75. The van der Waals surface area contributed by atoms with E-state index in [1.54, 1.807) is 4.57 Å². The fourth-order valence-corrected chi connectivity index (χ4v) is 2.73. The van der Waals surface area contributed by atoms with Crippen molar-refractivity contribution in [2.45, 2.75) is 26.8 Å². The fourth-order valence-electron chi connectivity index (χ4n) is 2.73. The lowest BCUT2D eigenvalue weighted by Gasteiger charge is -2.31. The molecule has 1 fully saturated rings. The number of carbonyl (C=O) groups is 2. The highest BCUT2D eigenvalue weighted by atomic mass is 16.4. The van der Waals surface area contributed by atoms with Crippen LogP contribution in [-0.4, -0.2) is 46.2 Å². The Bertz CT molecular complexity index is 518. The number of aromatic carboxylic acids is 1. The minimum atomic E-state index is -1.05. The predicted molar refractivity (Wildman–Crippen MR) is 77.0 cm³/mol. The van der Waals surface area contributed by atoms with Crippen molar-refractivity contribution in [3.05, 3.63) is 18.2 Å². The normalized spacial score (nSPS) is 21.7. The van der Waals surface area contributed by atoms with Gasteiger partial charge in [0.05, 0.1) is 11.7 Å². The first kappa shape index (κ1) is 15.5. The van der Waals surface area contributed by atoms with E-state index in [0.717, 1.165) is 13.0 Å². The third-order valence-electron chi connectivity index (χ3n) is 4.25. The number of nitrogens with zero attached hydrogens (tertiary/aromatic N) is 2. The van der Waals surface area contributed by atoms with Gasteiger partial charge in [-0.25, -0.2) is 9.78 Å². The standard InChI is InChI=1S/C14H22N4O3/c1-10(2)14(3-4-15-8-14)13(21)16-5-6-18-7-11(12(19)20)17-9-18/h7,9-10,15H,3-6,8H2,1-2H3,(H,16,21)(H,19,20). The van der Waals surface area contributed by atoms with Crippen LogP contribution < -0.4 is 10.6 Å². The van der Waals surface area contributed by atoms with Crippen LogP contribution in [0, 0.1) is 11.3 Å². The van der Waals surface area contributed by atoms with Crippen LogP contribution in [0.3, 0.4) is 0 Å². The molecule has 21 heavy (non-hydrogen) atoms. The van der Waals surface area contributed by atoms with Gasteiger partial charge in [-0.1, -0.05) is 13.8 Å². The highest BCUT2D eigenvalue weighted by Gasteiger charge is 2.43. The molecule has 1 aliphatic rings. The molecule has 0 spiro atoms. The molecule has 0 bridgehead atoms. The van der Waals surface area contributed by atoms with Crippen molar-refractivity contribution >= 4 is 11.9 Å². The molecule has 0 saturated carbocycles. The van der Waals surface area contributed by atoms with Gasteiger partial charge >= 0.3 is 5.97 Å². The molecule has 7 heteroatoms. The summed E-state index contributed by atoms with van der Waals surface area (Å²) in [5.74, 6) is -0.700. The Labute approximate surface area is 123 Å². The first-order chi connectivity index (χ1) is 9.95. The van der Waals surface area contributed by atoms with Crippen LogP contribution >= 0.6 is 0 Å². The van der Waals surface area contributed by atoms with Crippen LogP contribution in [0.15, 0.2) is 12.5 Å². The lowest BCUT2D eigenvalue weighted by molar-refractivity contribution is -0.132. The van der Waals surface area contributed by atoms with Crippen molar-refractivity contribution in [3.63, 3.8) is 0 Å². The molecule has 0 aliphatic carbocycles. The van der Waals surface area contributed by atoms with E-state index in [0.29, 0.717) is 19.6 Å². The fraction of sp³-hybridized carbons (Fsp3) is 0.643. The molecular weight excluding hydrogens is 272 g/mol. The second-order valence-corrected chi connectivity index (χ2v) is 5.80. The number of carboxylic acid groups (broad SMARTS) is 1. The highest BCUT2D eigenvalue weighted by Crippen LogP contribution is 2.34. The van der Waals surface area contributed by atoms with Crippen molar-refractivity contribution in [1.29, 1.82) is 0 Å².